The number of amides is 1. The van der Waals surface area contributed by atoms with Gasteiger partial charge in [-0.2, -0.15) is 0 Å². The number of hydrogen-bond donors (Lipinski definition) is 1. The summed E-state index contributed by atoms with van der Waals surface area (Å²) in [4.78, 5) is 18.7. The summed E-state index contributed by atoms with van der Waals surface area (Å²) in [6.07, 6.45) is 4.57. The highest BCUT2D eigenvalue weighted by molar-refractivity contribution is 8.00. The summed E-state index contributed by atoms with van der Waals surface area (Å²) >= 11 is 1.74. The number of aryl methyl sites for hydroxylation is 1. The van der Waals surface area contributed by atoms with E-state index in [9.17, 15) is 9.90 Å². The molecule has 1 amide bonds. The maximum atomic E-state index is 12.5. The van der Waals surface area contributed by atoms with Gasteiger partial charge >= 0.3 is 0 Å². The Balaban J connectivity index is 1.82. The van der Waals surface area contributed by atoms with E-state index in [0.717, 1.165) is 30.0 Å². The van der Waals surface area contributed by atoms with E-state index in [0.29, 0.717) is 13.0 Å². The molecule has 19 heavy (non-hydrogen) atoms. The van der Waals surface area contributed by atoms with Crippen LogP contribution in [0.5, 0.6) is 0 Å². The Morgan fingerprint density at radius 3 is 3.16 bits per heavy atom. The van der Waals surface area contributed by atoms with Crippen molar-refractivity contribution in [3.8, 4) is 0 Å². The van der Waals surface area contributed by atoms with Gasteiger partial charge in [-0.15, -0.1) is 11.8 Å². The number of aliphatic hydroxyl groups is 1. The molecule has 0 aliphatic carbocycles. The quantitative estimate of drug-likeness (QED) is 0.860. The molecule has 1 aromatic rings. The smallest absolute Gasteiger partial charge is 0.236 e. The molecule has 1 aromatic heterocycles. The average molecular weight is 281 g/mol. The van der Waals surface area contributed by atoms with Crippen molar-refractivity contribution >= 4 is 17.7 Å². The number of carbonyl (C=O) groups is 1. The minimum atomic E-state index is -0.100. The first kappa shape index (κ1) is 13.0. The summed E-state index contributed by atoms with van der Waals surface area (Å²) < 4.78 is 1.99. The first-order valence-corrected chi connectivity index (χ1v) is 7.77. The number of fused-ring (bicyclic) bond motifs is 1. The van der Waals surface area contributed by atoms with E-state index in [-0.39, 0.29) is 23.8 Å². The summed E-state index contributed by atoms with van der Waals surface area (Å²) in [6.45, 7) is 0.561. The SMILES string of the molecule is Cn1cnc2c1C[C@H](CO)N(C(=O)[C@@H]1CCCS1)C2. The molecule has 0 aromatic carbocycles. The van der Waals surface area contributed by atoms with Gasteiger partial charge in [0.25, 0.3) is 0 Å². The fourth-order valence-electron chi connectivity index (χ4n) is 2.90. The molecular formula is C13H19N3O2S. The number of imidazole rings is 1. The Kier molecular flexibility index (Phi) is 3.54. The molecule has 0 unspecified atom stereocenters. The van der Waals surface area contributed by atoms with Gasteiger partial charge in [-0.3, -0.25) is 4.79 Å². The summed E-state index contributed by atoms with van der Waals surface area (Å²) in [5.74, 6) is 1.25. The molecule has 1 fully saturated rings. The van der Waals surface area contributed by atoms with Gasteiger partial charge < -0.3 is 14.6 Å². The number of aromatic nitrogens is 2. The van der Waals surface area contributed by atoms with Gasteiger partial charge in [0.1, 0.15) is 0 Å². The second-order valence-corrected chi connectivity index (χ2v) is 6.57. The maximum absolute atomic E-state index is 12.5. The van der Waals surface area contributed by atoms with E-state index >= 15 is 0 Å². The van der Waals surface area contributed by atoms with Crippen LogP contribution in [0.15, 0.2) is 6.33 Å². The summed E-state index contributed by atoms with van der Waals surface area (Å²) in [5, 5.41) is 9.66. The standard InChI is InChI=1S/C13H19N3O2S/c1-15-8-14-10-6-16(9(7-17)5-11(10)15)13(18)12-3-2-4-19-12/h8-9,12,17H,2-7H2,1H3/t9-,12+/m1/s1. The third-order valence-corrected chi connectivity index (χ3v) is 5.40. The molecule has 0 radical (unpaired) electrons. The highest BCUT2D eigenvalue weighted by Gasteiger charge is 2.36. The molecule has 104 valence electrons. The lowest BCUT2D eigenvalue weighted by molar-refractivity contribution is -0.135. The number of rotatable bonds is 2. The predicted octanol–water partition coefficient (Wildman–Crippen LogP) is 0.561. The van der Waals surface area contributed by atoms with Crippen LogP contribution < -0.4 is 0 Å². The van der Waals surface area contributed by atoms with Crippen LogP contribution in [0.2, 0.25) is 0 Å². The van der Waals surface area contributed by atoms with Crippen molar-refractivity contribution < 1.29 is 9.90 Å². The number of nitrogens with zero attached hydrogens (tertiary/aromatic N) is 3. The summed E-state index contributed by atoms with van der Waals surface area (Å²) in [7, 11) is 1.96. The van der Waals surface area contributed by atoms with Crippen molar-refractivity contribution in [1.29, 1.82) is 0 Å². The lowest BCUT2D eigenvalue weighted by atomic mass is 10.0. The lowest BCUT2D eigenvalue weighted by Gasteiger charge is -2.35. The molecule has 3 heterocycles. The van der Waals surface area contributed by atoms with Crippen LogP contribution in [0.4, 0.5) is 0 Å². The van der Waals surface area contributed by atoms with Crippen molar-refractivity contribution in [2.75, 3.05) is 12.4 Å². The second kappa shape index (κ2) is 5.17. The Labute approximate surface area is 117 Å². The number of hydrogen-bond acceptors (Lipinski definition) is 4. The van der Waals surface area contributed by atoms with E-state index < -0.39 is 0 Å². The van der Waals surface area contributed by atoms with Crippen LogP contribution in [0, 0.1) is 0 Å². The fourth-order valence-corrected chi connectivity index (χ4v) is 4.13. The van der Waals surface area contributed by atoms with Crippen molar-refractivity contribution in [3.05, 3.63) is 17.7 Å². The van der Waals surface area contributed by atoms with E-state index in [1.54, 1.807) is 18.1 Å². The molecule has 2 aliphatic heterocycles. The lowest BCUT2D eigenvalue weighted by Crippen LogP contribution is -2.49. The number of aliphatic hydroxyl groups excluding tert-OH is 1. The number of thioether (sulfide) groups is 1. The van der Waals surface area contributed by atoms with Gasteiger partial charge in [0.2, 0.25) is 5.91 Å². The van der Waals surface area contributed by atoms with Gasteiger partial charge in [-0.05, 0) is 18.6 Å². The van der Waals surface area contributed by atoms with E-state index in [1.165, 1.54) is 0 Å². The molecule has 0 saturated carbocycles. The maximum Gasteiger partial charge on any atom is 0.236 e. The highest BCUT2D eigenvalue weighted by atomic mass is 32.2. The first-order chi connectivity index (χ1) is 9.20. The van der Waals surface area contributed by atoms with Gasteiger partial charge in [-0.25, -0.2) is 4.98 Å². The molecule has 1 saturated heterocycles. The Hall–Kier alpha value is -1.01. The van der Waals surface area contributed by atoms with Crippen molar-refractivity contribution in [2.24, 2.45) is 7.05 Å². The molecule has 2 aliphatic rings. The van der Waals surface area contributed by atoms with Crippen LogP contribution in [0.25, 0.3) is 0 Å². The molecule has 1 N–H and O–H groups in total. The number of carbonyl (C=O) groups excluding carboxylic acids is 1. The zero-order chi connectivity index (χ0) is 13.4. The van der Waals surface area contributed by atoms with Crippen LogP contribution in [0.3, 0.4) is 0 Å². The van der Waals surface area contributed by atoms with Crippen LogP contribution in [0.1, 0.15) is 24.2 Å². The molecular weight excluding hydrogens is 262 g/mol. The fraction of sp³-hybridized carbons (Fsp3) is 0.692. The topological polar surface area (TPSA) is 58.4 Å². The Bertz CT molecular complexity index is 482. The Morgan fingerprint density at radius 2 is 2.47 bits per heavy atom. The molecule has 2 atom stereocenters. The zero-order valence-corrected chi connectivity index (χ0v) is 11.9. The van der Waals surface area contributed by atoms with Crippen molar-refractivity contribution in [3.63, 3.8) is 0 Å². The normalized spacial score (nSPS) is 26.5. The molecule has 0 spiro atoms. The minimum absolute atomic E-state index is 0.0216. The Morgan fingerprint density at radius 1 is 1.63 bits per heavy atom. The third-order valence-electron chi connectivity index (χ3n) is 4.03. The van der Waals surface area contributed by atoms with Crippen LogP contribution in [-0.4, -0.2) is 49.1 Å². The van der Waals surface area contributed by atoms with E-state index in [1.807, 2.05) is 16.5 Å². The largest absolute Gasteiger partial charge is 0.394 e. The van der Waals surface area contributed by atoms with Crippen LogP contribution >= 0.6 is 11.8 Å². The van der Waals surface area contributed by atoms with Crippen molar-refractivity contribution in [1.82, 2.24) is 14.5 Å². The molecule has 5 nitrogen and oxygen atoms in total. The first-order valence-electron chi connectivity index (χ1n) is 6.72. The van der Waals surface area contributed by atoms with Gasteiger partial charge in [-0.1, -0.05) is 0 Å². The second-order valence-electron chi connectivity index (χ2n) is 5.26. The molecule has 6 heteroatoms. The highest BCUT2D eigenvalue weighted by Crippen LogP contribution is 2.31. The monoisotopic (exact) mass is 281 g/mol. The van der Waals surface area contributed by atoms with E-state index in [4.69, 9.17) is 0 Å². The van der Waals surface area contributed by atoms with Crippen LogP contribution in [-0.2, 0) is 24.8 Å². The summed E-state index contributed by atoms with van der Waals surface area (Å²) in [6, 6.07) is -0.100. The summed E-state index contributed by atoms with van der Waals surface area (Å²) in [5.41, 5.74) is 2.12. The minimum Gasteiger partial charge on any atom is -0.394 e. The zero-order valence-electron chi connectivity index (χ0n) is 11.1. The molecule has 0 bridgehead atoms. The van der Waals surface area contributed by atoms with E-state index in [2.05, 4.69) is 4.98 Å². The van der Waals surface area contributed by atoms with Gasteiger partial charge in [0, 0.05) is 19.2 Å². The average Bonchev–Trinajstić information content (AvgIpc) is 3.07. The van der Waals surface area contributed by atoms with Crippen molar-refractivity contribution in [2.45, 2.75) is 37.1 Å². The third kappa shape index (κ3) is 2.27. The predicted molar refractivity (Wildman–Crippen MR) is 73.8 cm³/mol. The van der Waals surface area contributed by atoms with Gasteiger partial charge in [0.05, 0.1) is 36.5 Å². The van der Waals surface area contributed by atoms with Gasteiger partial charge in [0.15, 0.2) is 0 Å². The molecule has 3 rings (SSSR count).